The molecule has 0 spiro atoms. The van der Waals surface area contributed by atoms with Gasteiger partial charge in [0.25, 0.3) is 11.8 Å². The van der Waals surface area contributed by atoms with Gasteiger partial charge in [0.2, 0.25) is 0 Å². The first-order chi connectivity index (χ1) is 15.7. The molecule has 182 valence electrons. The van der Waals surface area contributed by atoms with Crippen LogP contribution < -0.4 is 10.1 Å². The topological polar surface area (TPSA) is 89.3 Å². The predicted octanol–water partition coefficient (Wildman–Crippen LogP) is 4.93. The summed E-state index contributed by atoms with van der Waals surface area (Å²) in [5.74, 6) is -6.62. The van der Waals surface area contributed by atoms with E-state index in [1.165, 1.54) is 37.7 Å². The second-order valence-electron chi connectivity index (χ2n) is 8.18. The number of nitrogens with zero attached hydrogens (tertiary/aromatic N) is 3. The normalized spacial score (nSPS) is 12.1. The van der Waals surface area contributed by atoms with E-state index in [9.17, 15) is 23.1 Å². The number of amides is 1. The summed E-state index contributed by atoms with van der Waals surface area (Å²) in [6, 6.07) is 5.42. The second-order valence-corrected chi connectivity index (χ2v) is 8.59. The maximum absolute atomic E-state index is 15.0. The number of carbonyl (C=O) groups excluding carboxylic acids is 1. The minimum Gasteiger partial charge on any atom is -0.486 e. The van der Waals surface area contributed by atoms with Crippen molar-refractivity contribution >= 4 is 23.2 Å². The Labute approximate surface area is 197 Å². The number of aromatic nitrogens is 3. The summed E-state index contributed by atoms with van der Waals surface area (Å²) in [5.41, 5.74) is -2.52. The number of hydrogen-bond donors (Lipinski definition) is 2. The number of halogens is 5. The molecule has 0 unspecified atom stereocenters. The largest absolute Gasteiger partial charge is 0.486 e. The number of aryl methyl sites for hydroxylation is 1. The Bertz CT molecular complexity index is 1220. The lowest BCUT2D eigenvalue weighted by Crippen LogP contribution is -2.23. The third-order valence-electron chi connectivity index (χ3n) is 4.55. The Hall–Kier alpha value is -3.18. The molecule has 0 bridgehead atoms. The second kappa shape index (κ2) is 9.22. The van der Waals surface area contributed by atoms with Gasteiger partial charge in [0.05, 0.1) is 21.8 Å². The van der Waals surface area contributed by atoms with Gasteiger partial charge in [-0.05, 0) is 38.1 Å². The van der Waals surface area contributed by atoms with E-state index in [0.717, 1.165) is 18.2 Å². The molecule has 0 saturated heterocycles. The van der Waals surface area contributed by atoms with E-state index in [0.29, 0.717) is 6.92 Å². The molecule has 3 rings (SSSR count). The number of carbonyl (C=O) groups is 1. The average molecular weight is 501 g/mol. The lowest BCUT2D eigenvalue weighted by atomic mass is 10.1. The fourth-order valence-electron chi connectivity index (χ4n) is 3.06. The van der Waals surface area contributed by atoms with Crippen molar-refractivity contribution in [3.63, 3.8) is 0 Å². The van der Waals surface area contributed by atoms with Crippen molar-refractivity contribution in [3.05, 3.63) is 58.4 Å². The average Bonchev–Trinajstić information content (AvgIpc) is 3.10. The number of hydrogen-bond acceptors (Lipinski definition) is 5. The molecule has 0 fully saturated rings. The van der Waals surface area contributed by atoms with Gasteiger partial charge in [-0.3, -0.25) is 4.79 Å². The first-order valence-electron chi connectivity index (χ1n) is 9.91. The molecular weight excluding hydrogens is 480 g/mol. The van der Waals surface area contributed by atoms with Gasteiger partial charge in [0.15, 0.2) is 18.3 Å². The first kappa shape index (κ1) is 25.4. The summed E-state index contributed by atoms with van der Waals surface area (Å²) in [7, 11) is 1.48. The van der Waals surface area contributed by atoms with Crippen LogP contribution in [0.2, 0.25) is 5.02 Å². The lowest BCUT2D eigenvalue weighted by Gasteiger charge is -2.17. The minimum absolute atomic E-state index is 0.112. The summed E-state index contributed by atoms with van der Waals surface area (Å²) in [6.07, 6.45) is 0. The molecule has 0 atom stereocenters. The van der Waals surface area contributed by atoms with Crippen molar-refractivity contribution in [2.45, 2.75) is 32.3 Å². The summed E-state index contributed by atoms with van der Waals surface area (Å²) in [6.45, 7) is 2.39. The van der Waals surface area contributed by atoms with Gasteiger partial charge >= 0.3 is 0 Å². The quantitative estimate of drug-likeness (QED) is 0.449. The number of benzene rings is 2. The van der Waals surface area contributed by atoms with Crippen molar-refractivity contribution in [2.75, 3.05) is 11.9 Å². The van der Waals surface area contributed by atoms with Gasteiger partial charge in [-0.1, -0.05) is 17.7 Å². The molecule has 0 aliphatic rings. The highest BCUT2D eigenvalue weighted by Gasteiger charge is 2.28. The lowest BCUT2D eigenvalue weighted by molar-refractivity contribution is -0.0231. The maximum atomic E-state index is 15.0. The molecule has 3 aromatic rings. The molecule has 34 heavy (non-hydrogen) atoms. The van der Waals surface area contributed by atoms with Crippen LogP contribution in [0.25, 0.3) is 11.4 Å². The molecule has 2 aromatic carbocycles. The molecule has 0 aliphatic heterocycles. The number of alkyl halides is 2. The number of para-hydroxylation sites is 1. The standard InChI is InChI=1S/C22H21ClF4N4O3/c1-21(2,33)20-29-18(30-31(20)4)11-9-16(34-10-22(3,26)27)12(8-15(11)25)19(32)28-17-13(23)6-5-7-14(17)24/h5-9,33H,10H2,1-4H3,(H,28,32). The Balaban J connectivity index is 2.08. The Kier molecular flexibility index (Phi) is 6.90. The molecule has 1 heterocycles. The Morgan fingerprint density at radius 3 is 2.44 bits per heavy atom. The van der Waals surface area contributed by atoms with Crippen LogP contribution in [-0.4, -0.2) is 38.3 Å². The molecule has 2 N–H and O–H groups in total. The fourth-order valence-corrected chi connectivity index (χ4v) is 3.27. The van der Waals surface area contributed by atoms with Crippen molar-refractivity contribution < 1.29 is 32.2 Å². The van der Waals surface area contributed by atoms with Crippen LogP contribution in [0.1, 0.15) is 37.0 Å². The van der Waals surface area contributed by atoms with E-state index in [-0.39, 0.29) is 27.9 Å². The number of nitrogens with one attached hydrogen (secondary N) is 1. The van der Waals surface area contributed by atoms with Crippen LogP contribution in [0.5, 0.6) is 5.75 Å². The van der Waals surface area contributed by atoms with Crippen LogP contribution in [0.15, 0.2) is 30.3 Å². The van der Waals surface area contributed by atoms with Crippen LogP contribution in [-0.2, 0) is 12.6 Å². The first-order valence-corrected chi connectivity index (χ1v) is 10.3. The zero-order chi connectivity index (χ0) is 25.4. The van der Waals surface area contributed by atoms with Gasteiger partial charge in [0.1, 0.15) is 23.0 Å². The van der Waals surface area contributed by atoms with Gasteiger partial charge in [-0.25, -0.2) is 27.2 Å². The van der Waals surface area contributed by atoms with Gasteiger partial charge < -0.3 is 15.2 Å². The smallest absolute Gasteiger partial charge is 0.278 e. The Morgan fingerprint density at radius 2 is 1.88 bits per heavy atom. The van der Waals surface area contributed by atoms with E-state index in [1.54, 1.807) is 0 Å². The van der Waals surface area contributed by atoms with Gasteiger partial charge in [-0.15, -0.1) is 0 Å². The highest BCUT2D eigenvalue weighted by molar-refractivity contribution is 6.34. The summed E-state index contributed by atoms with van der Waals surface area (Å²) >= 11 is 5.91. The van der Waals surface area contributed by atoms with Crippen LogP contribution in [0.3, 0.4) is 0 Å². The maximum Gasteiger partial charge on any atom is 0.278 e. The zero-order valence-corrected chi connectivity index (χ0v) is 19.3. The SMILES string of the molecule is Cn1nc(-c2cc(OCC(C)(F)F)c(C(=O)Nc3c(F)cccc3Cl)cc2F)nc1C(C)(C)O. The van der Waals surface area contributed by atoms with Crippen LogP contribution in [0, 0.1) is 11.6 Å². The fraction of sp³-hybridized carbons (Fsp3) is 0.318. The highest BCUT2D eigenvalue weighted by Crippen LogP contribution is 2.33. The molecular formula is C22H21ClF4N4O3. The summed E-state index contributed by atoms with van der Waals surface area (Å²) in [5, 5.41) is 16.4. The molecule has 1 aromatic heterocycles. The predicted molar refractivity (Wildman–Crippen MR) is 117 cm³/mol. The number of rotatable bonds is 7. The highest BCUT2D eigenvalue weighted by atomic mass is 35.5. The van der Waals surface area contributed by atoms with E-state index in [1.807, 2.05) is 0 Å². The third kappa shape index (κ3) is 5.65. The number of anilines is 1. The number of aliphatic hydroxyl groups is 1. The van der Waals surface area contributed by atoms with E-state index >= 15 is 4.39 Å². The number of ether oxygens (including phenoxy) is 1. The van der Waals surface area contributed by atoms with Gasteiger partial charge in [-0.2, -0.15) is 5.10 Å². The molecule has 1 amide bonds. The van der Waals surface area contributed by atoms with Crippen LogP contribution in [0.4, 0.5) is 23.2 Å². The molecule has 0 radical (unpaired) electrons. The Morgan fingerprint density at radius 1 is 1.21 bits per heavy atom. The van der Waals surface area contributed by atoms with Crippen molar-refractivity contribution in [1.29, 1.82) is 0 Å². The van der Waals surface area contributed by atoms with Crippen molar-refractivity contribution in [1.82, 2.24) is 14.8 Å². The minimum atomic E-state index is -3.27. The molecule has 0 aliphatic carbocycles. The zero-order valence-electron chi connectivity index (χ0n) is 18.6. The van der Waals surface area contributed by atoms with E-state index in [4.69, 9.17) is 16.3 Å². The third-order valence-corrected chi connectivity index (χ3v) is 4.86. The van der Waals surface area contributed by atoms with Crippen molar-refractivity contribution in [2.24, 2.45) is 7.05 Å². The monoisotopic (exact) mass is 500 g/mol. The summed E-state index contributed by atoms with van der Waals surface area (Å²) in [4.78, 5) is 16.9. The van der Waals surface area contributed by atoms with E-state index in [2.05, 4.69) is 15.4 Å². The van der Waals surface area contributed by atoms with Crippen LogP contribution >= 0.6 is 11.6 Å². The van der Waals surface area contributed by atoms with E-state index < -0.39 is 47.0 Å². The van der Waals surface area contributed by atoms with Gasteiger partial charge in [0, 0.05) is 14.0 Å². The van der Waals surface area contributed by atoms with Crippen molar-refractivity contribution in [3.8, 4) is 17.1 Å². The molecule has 0 saturated carbocycles. The molecule has 12 heteroatoms. The molecule has 7 nitrogen and oxygen atoms in total. The summed E-state index contributed by atoms with van der Waals surface area (Å²) < 4.78 is 62.4.